The third-order valence-corrected chi connectivity index (χ3v) is 19.4. The van der Waals surface area contributed by atoms with Gasteiger partial charge in [-0.1, -0.05) is 78.3 Å². The Bertz CT molecular complexity index is 1430. The maximum Gasteiger partial charge on any atom is 0.336 e. The van der Waals surface area contributed by atoms with E-state index in [1.54, 1.807) is 0 Å². The van der Waals surface area contributed by atoms with Gasteiger partial charge < -0.3 is 5.11 Å². The van der Waals surface area contributed by atoms with E-state index in [4.69, 9.17) is 0 Å². The first-order valence-corrected chi connectivity index (χ1v) is 19.6. The molecule has 5 aliphatic carbocycles. The molecule has 0 unspecified atom stereocenters. The molecule has 0 amide bonds. The Morgan fingerprint density at radius 3 is 2.09 bits per heavy atom. The number of halogens is 2. The van der Waals surface area contributed by atoms with Crippen LogP contribution in [0.3, 0.4) is 0 Å². The van der Waals surface area contributed by atoms with Crippen LogP contribution in [0.15, 0.2) is 41.0 Å². The largest absolute Gasteiger partial charge is 0.382 e. The number of benzene rings is 1. The first-order chi connectivity index (χ1) is 20.7. The molecule has 0 bridgehead atoms. The molecule has 44 heavy (non-hydrogen) atoms. The van der Waals surface area contributed by atoms with Crippen LogP contribution in [-0.2, 0) is 4.79 Å². The number of hydrogen-bond acceptors (Lipinski definition) is 2. The summed E-state index contributed by atoms with van der Waals surface area (Å²) in [6.45, 7) is 14.7. The number of fused-ring (bicyclic) bond motifs is 4. The average Bonchev–Trinajstić information content (AvgIpc) is 3.77. The van der Waals surface area contributed by atoms with Gasteiger partial charge in [0.25, 0.3) is 0 Å². The molecule has 4 atom stereocenters. The molecule has 1 aromatic rings. The molecule has 1 aromatic carbocycles. The number of allylic oxidation sites excluding steroid dienone is 4. The molecule has 3 fully saturated rings. The molecule has 238 valence electrons. The highest BCUT2D eigenvalue weighted by Gasteiger charge is 2.70. The zero-order valence-corrected chi connectivity index (χ0v) is 29.0. The molecule has 0 radical (unpaired) electrons. The van der Waals surface area contributed by atoms with Gasteiger partial charge in [-0.15, -0.1) is 5.54 Å². The molecular formula is C39H52F2O2Si. The fourth-order valence-electron chi connectivity index (χ4n) is 10.6. The van der Waals surface area contributed by atoms with Gasteiger partial charge in [-0.05, 0) is 120 Å². The van der Waals surface area contributed by atoms with E-state index in [-0.39, 0.29) is 40.7 Å². The van der Waals surface area contributed by atoms with Crippen LogP contribution in [0.25, 0.3) is 5.57 Å². The second kappa shape index (κ2) is 11.0. The van der Waals surface area contributed by atoms with E-state index < -0.39 is 25.0 Å². The Morgan fingerprint density at radius 2 is 1.50 bits per heavy atom. The Kier molecular flexibility index (Phi) is 8.02. The quantitative estimate of drug-likeness (QED) is 0.254. The SMILES string of the molecule is CC(C)[Si](C#CC(F)(F)[C@]1(O)CC[C@H]2[C@@H]3CCC4=C(c5ccc(C6CC6)cc5)C(=O)CCC4=C3CC[C@@]21C)(C(C)C)C(C)C. The molecule has 1 N–H and O–H groups in total. The van der Waals surface area contributed by atoms with Crippen LogP contribution < -0.4 is 0 Å². The maximum absolute atomic E-state index is 16.4. The van der Waals surface area contributed by atoms with Crippen LogP contribution >= 0.6 is 0 Å². The van der Waals surface area contributed by atoms with Crippen molar-refractivity contribution in [2.24, 2.45) is 17.3 Å². The predicted octanol–water partition coefficient (Wildman–Crippen LogP) is 10.2. The lowest BCUT2D eigenvalue weighted by atomic mass is 9.54. The van der Waals surface area contributed by atoms with Gasteiger partial charge in [0, 0.05) is 17.4 Å². The summed E-state index contributed by atoms with van der Waals surface area (Å²) in [5.74, 6) is 0.159. The summed E-state index contributed by atoms with van der Waals surface area (Å²) >= 11 is 0. The van der Waals surface area contributed by atoms with Crippen LogP contribution in [0.5, 0.6) is 0 Å². The Hall–Kier alpha value is -2.03. The highest BCUT2D eigenvalue weighted by molar-refractivity contribution is 6.90. The molecule has 0 aliphatic heterocycles. The molecule has 0 spiro atoms. The van der Waals surface area contributed by atoms with Crippen molar-refractivity contribution in [2.45, 2.75) is 147 Å². The third-order valence-electron chi connectivity index (χ3n) is 13.1. The number of hydrogen-bond donors (Lipinski definition) is 1. The van der Waals surface area contributed by atoms with Crippen molar-refractivity contribution in [3.8, 4) is 11.5 Å². The number of carbonyl (C=O) groups is 1. The van der Waals surface area contributed by atoms with E-state index in [0.717, 1.165) is 30.4 Å². The lowest BCUT2D eigenvalue weighted by Gasteiger charge is -2.53. The lowest BCUT2D eigenvalue weighted by molar-refractivity contribution is -0.207. The minimum absolute atomic E-state index is 0.000762. The van der Waals surface area contributed by atoms with Crippen molar-refractivity contribution in [1.82, 2.24) is 0 Å². The second-order valence-electron chi connectivity index (χ2n) is 16.0. The van der Waals surface area contributed by atoms with Gasteiger partial charge in [0.2, 0.25) is 0 Å². The van der Waals surface area contributed by atoms with Crippen molar-refractivity contribution in [3.63, 3.8) is 0 Å². The molecule has 0 saturated heterocycles. The van der Waals surface area contributed by atoms with Gasteiger partial charge in [0.05, 0.1) is 0 Å². The van der Waals surface area contributed by atoms with Gasteiger partial charge in [-0.2, -0.15) is 8.78 Å². The zero-order valence-electron chi connectivity index (χ0n) is 28.0. The van der Waals surface area contributed by atoms with Crippen LogP contribution in [0.4, 0.5) is 8.78 Å². The minimum Gasteiger partial charge on any atom is -0.382 e. The van der Waals surface area contributed by atoms with Crippen molar-refractivity contribution in [2.75, 3.05) is 0 Å². The average molecular weight is 619 g/mol. The number of aliphatic hydroxyl groups is 1. The summed E-state index contributed by atoms with van der Waals surface area (Å²) in [5.41, 5.74) is 8.20. The first-order valence-electron chi connectivity index (χ1n) is 17.4. The Morgan fingerprint density at radius 1 is 0.864 bits per heavy atom. The molecule has 6 rings (SSSR count). The zero-order chi connectivity index (χ0) is 31.8. The highest BCUT2D eigenvalue weighted by atomic mass is 28.3. The van der Waals surface area contributed by atoms with Gasteiger partial charge >= 0.3 is 5.92 Å². The first kappa shape index (κ1) is 31.9. The van der Waals surface area contributed by atoms with E-state index in [1.165, 1.54) is 35.1 Å². The van der Waals surface area contributed by atoms with Gasteiger partial charge in [-0.3, -0.25) is 4.79 Å². The summed E-state index contributed by atoms with van der Waals surface area (Å²) in [6, 6.07) is 8.68. The van der Waals surface area contributed by atoms with Gasteiger partial charge in [0.1, 0.15) is 13.7 Å². The molecule has 5 heteroatoms. The molecule has 0 heterocycles. The van der Waals surface area contributed by atoms with E-state index in [1.807, 2.05) is 6.92 Å². The van der Waals surface area contributed by atoms with Gasteiger partial charge in [0.15, 0.2) is 5.78 Å². The number of alkyl halides is 2. The summed E-state index contributed by atoms with van der Waals surface area (Å²) < 4.78 is 32.9. The van der Waals surface area contributed by atoms with Crippen molar-refractivity contribution < 1.29 is 18.7 Å². The summed E-state index contributed by atoms with van der Waals surface area (Å²) in [5, 5.41) is 12.1. The normalized spacial score (nSPS) is 30.9. The number of rotatable bonds is 6. The van der Waals surface area contributed by atoms with Gasteiger partial charge in [-0.25, -0.2) is 0 Å². The molecule has 2 nitrogen and oxygen atoms in total. The molecule has 0 aromatic heterocycles. The fourth-order valence-corrected chi connectivity index (χ4v) is 15.8. The maximum atomic E-state index is 16.4. The van der Waals surface area contributed by atoms with Crippen LogP contribution in [0, 0.1) is 28.7 Å². The lowest BCUT2D eigenvalue weighted by Crippen LogP contribution is -2.59. The number of carbonyl (C=O) groups excluding carboxylic acids is 1. The fraction of sp³-hybridized carbons (Fsp3) is 0.667. The highest BCUT2D eigenvalue weighted by Crippen LogP contribution is 2.66. The van der Waals surface area contributed by atoms with E-state index in [9.17, 15) is 9.90 Å². The number of Topliss-reactive ketones (excluding diaryl/α,β-unsaturated/α-hetero) is 1. The van der Waals surface area contributed by atoms with Crippen LogP contribution in [0.2, 0.25) is 16.6 Å². The summed E-state index contributed by atoms with van der Waals surface area (Å²) in [6.07, 6.45) is 7.40. The van der Waals surface area contributed by atoms with Crippen molar-refractivity contribution >= 4 is 19.4 Å². The van der Waals surface area contributed by atoms with E-state index in [0.29, 0.717) is 31.6 Å². The molecule has 3 saturated carbocycles. The third kappa shape index (κ3) is 4.67. The van der Waals surface area contributed by atoms with Crippen LogP contribution in [0.1, 0.15) is 130 Å². The Labute approximate surface area is 265 Å². The monoisotopic (exact) mass is 618 g/mol. The summed E-state index contributed by atoms with van der Waals surface area (Å²) in [4.78, 5) is 13.3. The van der Waals surface area contributed by atoms with Crippen molar-refractivity contribution in [3.05, 3.63) is 52.1 Å². The second-order valence-corrected chi connectivity index (χ2v) is 21.5. The van der Waals surface area contributed by atoms with Crippen molar-refractivity contribution in [1.29, 1.82) is 0 Å². The standard InChI is InChI=1S/C39H52F2O2Si/c1-24(2)44(25(3)4,26(5)6)23-22-39(40,41)38(43)21-19-34-32-14-15-33-30(31(32)18-20-37(34,38)7)16-17-35(42)36(33)29-12-10-28(11-13-29)27-8-9-27/h10-13,24-27,32,34,43H,8-9,14-21H2,1-7H3/t32-,34+,37+,38+/m1/s1. The molecule has 5 aliphatic rings. The summed E-state index contributed by atoms with van der Waals surface area (Å²) in [7, 11) is -2.38. The van der Waals surface area contributed by atoms with E-state index >= 15 is 8.78 Å². The Balaban J connectivity index is 1.33. The minimum atomic E-state index is -3.46. The predicted molar refractivity (Wildman–Crippen MR) is 178 cm³/mol. The van der Waals surface area contributed by atoms with Crippen LogP contribution in [-0.4, -0.2) is 30.5 Å². The number of ketones is 1. The topological polar surface area (TPSA) is 37.3 Å². The smallest absolute Gasteiger partial charge is 0.336 e. The van der Waals surface area contributed by atoms with E-state index in [2.05, 4.69) is 77.3 Å². The molecular weight excluding hydrogens is 567 g/mol.